The summed E-state index contributed by atoms with van der Waals surface area (Å²) in [5, 5.41) is 14.2. The number of aryl methyl sites for hydroxylation is 1. The second kappa shape index (κ2) is 7.46. The molecule has 7 nitrogen and oxygen atoms in total. The van der Waals surface area contributed by atoms with Gasteiger partial charge in [0.2, 0.25) is 6.41 Å². The molecule has 0 saturated carbocycles. The van der Waals surface area contributed by atoms with E-state index in [2.05, 4.69) is 16.4 Å². The van der Waals surface area contributed by atoms with Crippen molar-refractivity contribution in [1.29, 1.82) is 0 Å². The van der Waals surface area contributed by atoms with Crippen LogP contribution in [-0.2, 0) is 20.8 Å². The van der Waals surface area contributed by atoms with Gasteiger partial charge in [0.25, 0.3) is 0 Å². The van der Waals surface area contributed by atoms with Gasteiger partial charge in [-0.25, -0.2) is 0 Å². The topological polar surface area (TPSA) is 99.1 Å². The molecular weight excluding hydrogens is 406 g/mol. The van der Waals surface area contributed by atoms with Gasteiger partial charge in [0.05, 0.1) is 35.6 Å². The molecule has 0 bridgehead atoms. The molecule has 0 fully saturated rings. The molecule has 5 rings (SSSR count). The quantitative estimate of drug-likeness (QED) is 0.601. The zero-order chi connectivity index (χ0) is 22.4. The number of amides is 1. The van der Waals surface area contributed by atoms with Crippen LogP contribution < -0.4 is 10.2 Å². The zero-order valence-corrected chi connectivity index (χ0v) is 17.2. The molecule has 0 spiro atoms. The summed E-state index contributed by atoms with van der Waals surface area (Å²) in [7, 11) is 0. The molecule has 1 unspecified atom stereocenters. The van der Waals surface area contributed by atoms with Crippen LogP contribution in [0.3, 0.4) is 0 Å². The minimum Gasteiger partial charge on any atom is -0.481 e. The number of Topliss-reactive ketones (excluding diaryl/α,β-unsaturated/α-hetero) is 1. The molecule has 0 aliphatic carbocycles. The van der Waals surface area contributed by atoms with Crippen molar-refractivity contribution in [3.8, 4) is 0 Å². The largest absolute Gasteiger partial charge is 0.481 e. The number of carboxylic acid groups (broad SMARTS) is 1. The molecule has 3 aromatic rings. The Balaban J connectivity index is 1.79. The number of carbonyl (C=O) groups excluding carboxylic acids is 2. The Labute approximate surface area is 183 Å². The van der Waals surface area contributed by atoms with Crippen molar-refractivity contribution in [2.75, 3.05) is 10.2 Å². The lowest BCUT2D eigenvalue weighted by Crippen LogP contribution is -2.22. The first kappa shape index (κ1) is 19.7. The number of carboxylic acids is 1. The van der Waals surface area contributed by atoms with Gasteiger partial charge >= 0.3 is 5.97 Å². The molecule has 2 heterocycles. The minimum atomic E-state index is -1.02. The van der Waals surface area contributed by atoms with E-state index in [1.54, 1.807) is 12.3 Å². The Morgan fingerprint density at radius 2 is 1.94 bits per heavy atom. The number of benzene rings is 3. The number of aliphatic imine (C=N–C) groups is 1. The van der Waals surface area contributed by atoms with Crippen LogP contribution in [0.4, 0.5) is 17.1 Å². The van der Waals surface area contributed by atoms with Crippen molar-refractivity contribution in [1.82, 2.24) is 0 Å². The average Bonchev–Trinajstić information content (AvgIpc) is 3.11. The Hall–Kier alpha value is -4.26. The van der Waals surface area contributed by atoms with Crippen LogP contribution in [-0.4, -0.2) is 29.5 Å². The predicted molar refractivity (Wildman–Crippen MR) is 123 cm³/mol. The van der Waals surface area contributed by atoms with Crippen LogP contribution in [0.1, 0.15) is 22.6 Å². The first-order valence-corrected chi connectivity index (χ1v) is 10.1. The summed E-state index contributed by atoms with van der Waals surface area (Å²) in [5.41, 5.74) is 4.72. The maximum absolute atomic E-state index is 13.0. The number of anilines is 3. The third kappa shape index (κ3) is 2.90. The number of rotatable bonds is 5. The summed E-state index contributed by atoms with van der Waals surface area (Å²) in [4.78, 5) is 41.9. The standard InChI is InChI=1S/C25H19N3O4/c1-14-17-5-3-2-4-15(17)6-8-18(14)28-19-9-7-16(10-22(31)32)25(27-13-29)24(19)23-20(28)11-26-12-21(23)30/h2-9,11-13,23H,10H2,1H3,(H,27,29)(H,31,32). The van der Waals surface area contributed by atoms with Crippen molar-refractivity contribution in [2.24, 2.45) is 4.99 Å². The second-order valence-electron chi connectivity index (χ2n) is 7.80. The fraction of sp³-hybridized carbons (Fsp3) is 0.120. The average molecular weight is 425 g/mol. The number of nitrogens with zero attached hydrogens (tertiary/aromatic N) is 2. The smallest absolute Gasteiger partial charge is 0.307 e. The van der Waals surface area contributed by atoms with Gasteiger partial charge in [-0.15, -0.1) is 0 Å². The first-order valence-electron chi connectivity index (χ1n) is 10.1. The molecular formula is C25H19N3O4. The van der Waals surface area contributed by atoms with E-state index in [0.717, 1.165) is 27.7 Å². The number of ketones is 1. The number of hydrogen-bond acceptors (Lipinski definition) is 5. The molecule has 0 aromatic heterocycles. The number of aliphatic carboxylic acids is 1. The van der Waals surface area contributed by atoms with Crippen molar-refractivity contribution in [3.05, 3.63) is 77.1 Å². The van der Waals surface area contributed by atoms with E-state index < -0.39 is 11.9 Å². The monoisotopic (exact) mass is 425 g/mol. The molecule has 2 N–H and O–H groups in total. The molecule has 1 atom stereocenters. The summed E-state index contributed by atoms with van der Waals surface area (Å²) >= 11 is 0. The zero-order valence-electron chi connectivity index (χ0n) is 17.2. The van der Waals surface area contributed by atoms with E-state index in [0.29, 0.717) is 28.9 Å². The van der Waals surface area contributed by atoms with Crippen LogP contribution >= 0.6 is 0 Å². The molecule has 2 aliphatic rings. The highest BCUT2D eigenvalue weighted by Crippen LogP contribution is 2.53. The first-order chi connectivity index (χ1) is 15.5. The highest BCUT2D eigenvalue weighted by atomic mass is 16.4. The Morgan fingerprint density at radius 3 is 2.72 bits per heavy atom. The Kier molecular flexibility index (Phi) is 4.59. The van der Waals surface area contributed by atoms with Crippen LogP contribution in [0.2, 0.25) is 0 Å². The summed E-state index contributed by atoms with van der Waals surface area (Å²) in [6.07, 6.45) is 3.16. The van der Waals surface area contributed by atoms with Gasteiger partial charge in [-0.05, 0) is 41.0 Å². The lowest BCUT2D eigenvalue weighted by molar-refractivity contribution is -0.136. The molecule has 7 heteroatoms. The van der Waals surface area contributed by atoms with Gasteiger partial charge in [0.1, 0.15) is 0 Å². The summed E-state index contributed by atoms with van der Waals surface area (Å²) in [6.45, 7) is 2.03. The third-order valence-electron chi connectivity index (χ3n) is 6.04. The van der Waals surface area contributed by atoms with E-state index in [4.69, 9.17) is 0 Å². The van der Waals surface area contributed by atoms with Gasteiger partial charge in [-0.3, -0.25) is 19.4 Å². The minimum absolute atomic E-state index is 0.217. The maximum Gasteiger partial charge on any atom is 0.307 e. The molecule has 3 aromatic carbocycles. The van der Waals surface area contributed by atoms with Crippen LogP contribution in [0.25, 0.3) is 10.8 Å². The normalized spacial score (nSPS) is 16.5. The van der Waals surface area contributed by atoms with Crippen molar-refractivity contribution < 1.29 is 19.5 Å². The van der Waals surface area contributed by atoms with Crippen LogP contribution in [0, 0.1) is 6.92 Å². The molecule has 0 saturated heterocycles. The van der Waals surface area contributed by atoms with Gasteiger partial charge in [-0.1, -0.05) is 36.4 Å². The lowest BCUT2D eigenvalue weighted by atomic mass is 9.90. The fourth-order valence-electron chi connectivity index (χ4n) is 4.71. The van der Waals surface area contributed by atoms with E-state index in [9.17, 15) is 19.5 Å². The van der Waals surface area contributed by atoms with Gasteiger partial charge in [-0.2, -0.15) is 0 Å². The predicted octanol–water partition coefficient (Wildman–Crippen LogP) is 4.07. The second-order valence-corrected chi connectivity index (χ2v) is 7.80. The van der Waals surface area contributed by atoms with E-state index in [-0.39, 0.29) is 12.2 Å². The number of hydrogen-bond donors (Lipinski definition) is 2. The van der Waals surface area contributed by atoms with Crippen molar-refractivity contribution in [2.45, 2.75) is 19.3 Å². The number of fused-ring (bicyclic) bond motifs is 4. The van der Waals surface area contributed by atoms with Gasteiger partial charge in [0, 0.05) is 17.5 Å². The van der Waals surface area contributed by atoms with E-state index in [1.807, 2.05) is 48.2 Å². The third-order valence-corrected chi connectivity index (χ3v) is 6.04. The van der Waals surface area contributed by atoms with Crippen LogP contribution in [0.15, 0.2) is 65.4 Å². The fourth-order valence-corrected chi connectivity index (χ4v) is 4.71. The number of allylic oxidation sites excluding steroid dienone is 1. The molecule has 1 amide bonds. The lowest BCUT2D eigenvalue weighted by Gasteiger charge is -2.26. The molecule has 2 aliphatic heterocycles. The Bertz CT molecular complexity index is 1370. The maximum atomic E-state index is 13.0. The molecule has 32 heavy (non-hydrogen) atoms. The van der Waals surface area contributed by atoms with Crippen molar-refractivity contribution in [3.63, 3.8) is 0 Å². The van der Waals surface area contributed by atoms with E-state index >= 15 is 0 Å². The van der Waals surface area contributed by atoms with Gasteiger partial charge < -0.3 is 15.3 Å². The number of nitrogens with one attached hydrogen (secondary N) is 1. The highest BCUT2D eigenvalue weighted by Gasteiger charge is 2.42. The highest BCUT2D eigenvalue weighted by molar-refractivity contribution is 6.33. The summed E-state index contributed by atoms with van der Waals surface area (Å²) in [6, 6.07) is 15.6. The number of carbonyl (C=O) groups is 3. The van der Waals surface area contributed by atoms with Crippen LogP contribution in [0.5, 0.6) is 0 Å². The van der Waals surface area contributed by atoms with Crippen molar-refractivity contribution >= 4 is 52.2 Å². The van der Waals surface area contributed by atoms with Gasteiger partial charge in [0.15, 0.2) is 5.78 Å². The molecule has 158 valence electrons. The SMILES string of the molecule is Cc1c(N2C3=CN=CC(=O)C3c3c2ccc(CC(=O)O)c3NC=O)ccc2ccccc12. The van der Waals surface area contributed by atoms with E-state index in [1.165, 1.54) is 6.21 Å². The summed E-state index contributed by atoms with van der Waals surface area (Å²) < 4.78 is 0. The molecule has 0 radical (unpaired) electrons. The summed E-state index contributed by atoms with van der Waals surface area (Å²) in [5.74, 6) is -1.91. The Morgan fingerprint density at radius 1 is 1.16 bits per heavy atom.